The highest BCUT2D eigenvalue weighted by atomic mass is 35.5. The Labute approximate surface area is 243 Å². The molecule has 1 heterocycles. The molecule has 1 aliphatic heterocycles. The van der Waals surface area contributed by atoms with Gasteiger partial charge in [-0.2, -0.15) is 0 Å². The summed E-state index contributed by atoms with van der Waals surface area (Å²) in [6.07, 6.45) is 0.510. The molecule has 0 spiro atoms. The fourth-order valence-electron chi connectivity index (χ4n) is 5.39. The van der Waals surface area contributed by atoms with E-state index in [0.717, 1.165) is 9.87 Å². The smallest absolute Gasteiger partial charge is 0.320 e. The van der Waals surface area contributed by atoms with Crippen molar-refractivity contribution in [1.82, 2.24) is 0 Å². The van der Waals surface area contributed by atoms with Crippen molar-refractivity contribution in [2.24, 2.45) is 5.41 Å². The molecule has 41 heavy (non-hydrogen) atoms. The van der Waals surface area contributed by atoms with Crippen LogP contribution in [0.4, 0.5) is 11.4 Å². The van der Waals surface area contributed by atoms with Crippen molar-refractivity contribution < 1.29 is 33.0 Å². The third-order valence-electron chi connectivity index (χ3n) is 7.08. The summed E-state index contributed by atoms with van der Waals surface area (Å²) in [7, 11) is -4.60. The van der Waals surface area contributed by atoms with Crippen LogP contribution in [0.3, 0.4) is 0 Å². The van der Waals surface area contributed by atoms with Crippen molar-refractivity contribution >= 4 is 44.8 Å². The van der Waals surface area contributed by atoms with Crippen LogP contribution in [0.2, 0.25) is 5.02 Å². The van der Waals surface area contributed by atoms with Crippen molar-refractivity contribution in [1.29, 1.82) is 0 Å². The number of carbonyl (C=O) groups excluding carboxylic acids is 1. The number of para-hydroxylation sites is 1. The molecule has 2 aliphatic rings. The Kier molecular flexibility index (Phi) is 7.48. The number of nitrogens with one attached hydrogen (secondary N) is 1. The van der Waals surface area contributed by atoms with Gasteiger partial charge in [-0.3, -0.25) is 13.9 Å². The van der Waals surface area contributed by atoms with E-state index in [1.165, 1.54) is 18.2 Å². The highest BCUT2D eigenvalue weighted by Crippen LogP contribution is 2.52. The fourth-order valence-corrected chi connectivity index (χ4v) is 7.11. The van der Waals surface area contributed by atoms with Crippen LogP contribution in [-0.2, 0) is 26.2 Å². The molecule has 0 fully saturated rings. The van der Waals surface area contributed by atoms with Crippen molar-refractivity contribution in [2.75, 3.05) is 15.4 Å². The van der Waals surface area contributed by atoms with Crippen LogP contribution < -0.4 is 14.4 Å². The van der Waals surface area contributed by atoms with Crippen LogP contribution in [0.15, 0.2) is 78.0 Å². The van der Waals surface area contributed by atoms with Gasteiger partial charge in [0.05, 0.1) is 5.69 Å². The van der Waals surface area contributed by atoms with E-state index in [1.807, 2.05) is 44.2 Å². The lowest BCUT2D eigenvalue weighted by atomic mass is 9.73. The number of halogens is 1. The molecule has 1 aliphatic carbocycles. The molecule has 0 amide bonds. The zero-order chi connectivity index (χ0) is 29.5. The highest BCUT2D eigenvalue weighted by molar-refractivity contribution is 7.93. The van der Waals surface area contributed by atoms with Gasteiger partial charge in [-0.25, -0.2) is 8.42 Å². The second kappa shape index (κ2) is 10.8. The van der Waals surface area contributed by atoms with Crippen molar-refractivity contribution in [3.63, 3.8) is 0 Å². The molecule has 1 atom stereocenters. The molecular formula is C30H29ClN2O7S. The fraction of sp³-hybridized carbons (Fsp3) is 0.267. The number of sulfonamides is 1. The maximum atomic E-state index is 13.8. The topological polar surface area (TPSA) is 133 Å². The zero-order valence-corrected chi connectivity index (χ0v) is 24.0. The minimum absolute atomic E-state index is 0.00303. The molecule has 0 saturated carbocycles. The Bertz CT molecular complexity index is 1670. The minimum Gasteiger partial charge on any atom is -0.506 e. The summed E-state index contributed by atoms with van der Waals surface area (Å²) in [5, 5.41) is 23.6. The average molecular weight is 597 g/mol. The van der Waals surface area contributed by atoms with Crippen molar-refractivity contribution in [2.45, 2.75) is 39.3 Å². The van der Waals surface area contributed by atoms with E-state index in [4.69, 9.17) is 16.3 Å². The molecule has 1 unspecified atom stereocenters. The predicted octanol–water partition coefficient (Wildman–Crippen LogP) is 5.66. The number of aromatic hydroxyl groups is 1. The monoisotopic (exact) mass is 596 g/mol. The third-order valence-corrected chi connectivity index (χ3v) is 9.03. The first-order valence-corrected chi connectivity index (χ1v) is 14.9. The molecule has 3 N–H and O–H groups in total. The number of carbonyl (C=O) groups is 2. The normalized spacial score (nSPS) is 18.2. The van der Waals surface area contributed by atoms with Gasteiger partial charge in [0, 0.05) is 22.7 Å². The SMILES string of the molecule is CC1(C)CC(=O)C2=C(C1)Nc1c(O)cccc1N(S(=O)(=O)CC(=O)O)C2c1ccc(OCc2ccccc2)cc1Cl. The number of hydrogen-bond donors (Lipinski definition) is 3. The molecule has 3 aromatic rings. The standard InChI is InChI=1S/C30H29ClN2O7S/c1-30(2)14-22-27(25(35)15-30)29(20-12-11-19(13-21(20)31)40-16-18-7-4-3-5-8-18)33(41(38,39)17-26(36)37)23-9-6-10-24(34)28(23)32-22/h3-13,29,32,34H,14-17H2,1-2H3,(H,36,37). The molecule has 11 heteroatoms. The summed E-state index contributed by atoms with van der Waals surface area (Å²) in [5.41, 5.74) is 1.40. The third kappa shape index (κ3) is 5.75. The van der Waals surface area contributed by atoms with Gasteiger partial charge < -0.3 is 20.3 Å². The van der Waals surface area contributed by atoms with Crippen LogP contribution in [0.25, 0.3) is 0 Å². The molecule has 0 radical (unpaired) electrons. The van der Waals surface area contributed by atoms with Crippen molar-refractivity contribution in [3.05, 3.63) is 94.1 Å². The molecule has 5 rings (SSSR count). The number of phenolic OH excluding ortho intramolecular Hbond substituents is 1. The van der Waals surface area contributed by atoms with Gasteiger partial charge in [-0.1, -0.05) is 67.9 Å². The van der Waals surface area contributed by atoms with E-state index in [9.17, 15) is 28.2 Å². The quantitative estimate of drug-likeness (QED) is 0.298. The molecule has 3 aromatic carbocycles. The Morgan fingerprint density at radius 1 is 1.10 bits per heavy atom. The van der Waals surface area contributed by atoms with E-state index >= 15 is 0 Å². The molecule has 0 bridgehead atoms. The maximum absolute atomic E-state index is 13.8. The summed E-state index contributed by atoms with van der Waals surface area (Å²) in [5.74, 6) is -2.94. The summed E-state index contributed by atoms with van der Waals surface area (Å²) in [6, 6.07) is 17.3. The number of carboxylic acid groups (broad SMARTS) is 1. The lowest BCUT2D eigenvalue weighted by molar-refractivity contribution is -0.134. The van der Waals surface area contributed by atoms with Gasteiger partial charge in [0.1, 0.15) is 29.8 Å². The summed E-state index contributed by atoms with van der Waals surface area (Å²) in [4.78, 5) is 25.5. The number of benzene rings is 3. The number of phenols is 1. The van der Waals surface area contributed by atoms with Crippen molar-refractivity contribution in [3.8, 4) is 11.5 Å². The molecule has 214 valence electrons. The number of ether oxygens (including phenoxy) is 1. The van der Waals surface area contributed by atoms with Gasteiger partial charge >= 0.3 is 5.97 Å². The molecule has 9 nitrogen and oxygen atoms in total. The number of aliphatic carboxylic acids is 1. The van der Waals surface area contributed by atoms with Gasteiger partial charge in [0.25, 0.3) is 0 Å². The average Bonchev–Trinajstić information content (AvgIpc) is 3.02. The number of nitrogens with zero attached hydrogens (tertiary/aromatic N) is 1. The van der Waals surface area contributed by atoms with Crippen LogP contribution in [-0.4, -0.2) is 36.1 Å². The second-order valence-corrected chi connectivity index (χ2v) is 13.2. The first kappa shape index (κ1) is 28.5. The Hall–Kier alpha value is -4.02. The molecule has 0 saturated heterocycles. The Morgan fingerprint density at radius 3 is 2.51 bits per heavy atom. The van der Waals surface area contributed by atoms with Gasteiger partial charge in [0.15, 0.2) is 11.5 Å². The van der Waals surface area contributed by atoms with Gasteiger partial charge in [0.2, 0.25) is 10.0 Å². The van der Waals surface area contributed by atoms with E-state index in [1.54, 1.807) is 18.2 Å². The number of hydrogen-bond acceptors (Lipinski definition) is 7. The van der Waals surface area contributed by atoms with Crippen LogP contribution in [0.1, 0.15) is 43.9 Å². The summed E-state index contributed by atoms with van der Waals surface area (Å²) in [6.45, 7) is 4.12. The summed E-state index contributed by atoms with van der Waals surface area (Å²) < 4.78 is 34.4. The Morgan fingerprint density at radius 2 is 1.83 bits per heavy atom. The Balaban J connectivity index is 1.70. The minimum atomic E-state index is -4.60. The van der Waals surface area contributed by atoms with E-state index in [0.29, 0.717) is 17.9 Å². The molecule has 0 aromatic heterocycles. The molecular weight excluding hydrogens is 568 g/mol. The zero-order valence-electron chi connectivity index (χ0n) is 22.4. The number of Topliss-reactive ketones (excluding diaryl/α,β-unsaturated/α-hetero) is 1. The second-order valence-electron chi connectivity index (χ2n) is 10.9. The van der Waals surface area contributed by atoms with E-state index in [2.05, 4.69) is 5.32 Å². The van der Waals surface area contributed by atoms with Gasteiger partial charge in [-0.15, -0.1) is 0 Å². The highest BCUT2D eigenvalue weighted by Gasteiger charge is 2.46. The lowest BCUT2D eigenvalue weighted by Gasteiger charge is -2.37. The van der Waals surface area contributed by atoms with E-state index in [-0.39, 0.29) is 52.1 Å². The number of rotatable bonds is 7. The first-order valence-electron chi connectivity index (χ1n) is 12.9. The van der Waals surface area contributed by atoms with Crippen LogP contribution in [0.5, 0.6) is 11.5 Å². The lowest BCUT2D eigenvalue weighted by Crippen LogP contribution is -2.41. The first-order chi connectivity index (χ1) is 19.4. The van der Waals surface area contributed by atoms with Crippen LogP contribution in [0, 0.1) is 5.41 Å². The predicted molar refractivity (Wildman–Crippen MR) is 156 cm³/mol. The maximum Gasteiger partial charge on any atom is 0.320 e. The summed E-state index contributed by atoms with van der Waals surface area (Å²) >= 11 is 6.79. The largest absolute Gasteiger partial charge is 0.506 e. The van der Waals surface area contributed by atoms with Crippen LogP contribution >= 0.6 is 11.6 Å². The van der Waals surface area contributed by atoms with E-state index < -0.39 is 33.2 Å². The van der Waals surface area contributed by atoms with Gasteiger partial charge in [-0.05, 0) is 47.2 Å². The number of fused-ring (bicyclic) bond motifs is 1. The number of carboxylic acids is 1. The number of ketones is 1. The number of allylic oxidation sites excluding steroid dienone is 1. The number of anilines is 2.